The Morgan fingerprint density at radius 1 is 1.19 bits per heavy atom. The van der Waals surface area contributed by atoms with Crippen molar-refractivity contribution in [3.63, 3.8) is 0 Å². The zero-order chi connectivity index (χ0) is 22.8. The molecular formula is C20H20N4O5S2. The van der Waals surface area contributed by atoms with Crippen LogP contribution in [0.1, 0.15) is 24.2 Å². The van der Waals surface area contributed by atoms with Gasteiger partial charge in [0, 0.05) is 41.7 Å². The second kappa shape index (κ2) is 8.92. The van der Waals surface area contributed by atoms with Crippen molar-refractivity contribution in [1.29, 1.82) is 0 Å². The molecule has 3 rings (SSSR count). The Labute approximate surface area is 183 Å². The molecule has 0 aliphatic carbocycles. The highest BCUT2D eigenvalue weighted by Gasteiger charge is 2.23. The largest absolute Gasteiger partial charge is 0.298 e. The average molecular weight is 461 g/mol. The molecule has 1 aromatic heterocycles. The first-order valence-electron chi connectivity index (χ1n) is 9.19. The Bertz CT molecular complexity index is 1220. The van der Waals surface area contributed by atoms with Crippen LogP contribution < -0.4 is 5.32 Å². The number of nitrogens with zero attached hydrogens (tertiary/aromatic N) is 3. The van der Waals surface area contributed by atoms with Gasteiger partial charge in [-0.2, -0.15) is 4.31 Å². The molecular weight excluding hydrogens is 440 g/mol. The summed E-state index contributed by atoms with van der Waals surface area (Å²) < 4.78 is 26.3. The van der Waals surface area contributed by atoms with Crippen LogP contribution >= 0.6 is 11.3 Å². The fraction of sp³-hybridized carbons (Fsp3) is 0.200. The van der Waals surface area contributed by atoms with Gasteiger partial charge in [-0.25, -0.2) is 13.4 Å². The van der Waals surface area contributed by atoms with Crippen molar-refractivity contribution < 1.29 is 18.1 Å². The topological polar surface area (TPSA) is 123 Å². The van der Waals surface area contributed by atoms with Crippen LogP contribution in [0.5, 0.6) is 0 Å². The van der Waals surface area contributed by atoms with Crippen molar-refractivity contribution >= 4 is 38.1 Å². The van der Waals surface area contributed by atoms with Gasteiger partial charge in [0.05, 0.1) is 15.5 Å². The van der Waals surface area contributed by atoms with Crippen molar-refractivity contribution in [3.8, 4) is 11.3 Å². The van der Waals surface area contributed by atoms with Gasteiger partial charge in [-0.1, -0.05) is 12.1 Å². The maximum Gasteiger partial charge on any atom is 0.270 e. The van der Waals surface area contributed by atoms with Crippen LogP contribution in [0.4, 0.5) is 10.8 Å². The first-order valence-corrected chi connectivity index (χ1v) is 11.5. The lowest BCUT2D eigenvalue weighted by atomic mass is 10.1. The molecule has 0 radical (unpaired) electrons. The third-order valence-corrected chi connectivity index (χ3v) is 7.40. The molecule has 0 unspecified atom stereocenters. The summed E-state index contributed by atoms with van der Waals surface area (Å²) in [6.45, 7) is 3.55. The molecule has 0 fully saturated rings. The van der Waals surface area contributed by atoms with Gasteiger partial charge in [0.25, 0.3) is 11.6 Å². The molecule has 3 aromatic rings. The molecule has 9 nitrogen and oxygen atoms in total. The standard InChI is InChI=1S/C20H20N4O5S2/c1-13(2)23(3)31(28,29)17-9-7-14(8-10-17)19(25)22-20-21-18(12-30-20)15-5-4-6-16(11-15)24(26)27/h4-13H,1-3H3,(H,21,22,25). The van der Waals surface area contributed by atoms with Crippen LogP contribution in [0.2, 0.25) is 0 Å². The summed E-state index contributed by atoms with van der Waals surface area (Å²) in [7, 11) is -2.13. The third kappa shape index (κ3) is 4.95. The Kier molecular flexibility index (Phi) is 6.48. The number of sulfonamides is 1. The molecule has 162 valence electrons. The van der Waals surface area contributed by atoms with Gasteiger partial charge in [-0.15, -0.1) is 11.3 Å². The highest BCUT2D eigenvalue weighted by molar-refractivity contribution is 7.89. The van der Waals surface area contributed by atoms with Gasteiger partial charge in [0.1, 0.15) is 0 Å². The Morgan fingerprint density at radius 2 is 1.87 bits per heavy atom. The number of nitrogens with one attached hydrogen (secondary N) is 1. The molecule has 0 aliphatic heterocycles. The van der Waals surface area contributed by atoms with Crippen molar-refractivity contribution in [2.45, 2.75) is 24.8 Å². The van der Waals surface area contributed by atoms with Gasteiger partial charge in [0.15, 0.2) is 5.13 Å². The van der Waals surface area contributed by atoms with Crippen molar-refractivity contribution in [1.82, 2.24) is 9.29 Å². The summed E-state index contributed by atoms with van der Waals surface area (Å²) in [5, 5.41) is 15.6. The zero-order valence-corrected chi connectivity index (χ0v) is 18.6. The molecule has 31 heavy (non-hydrogen) atoms. The van der Waals surface area contributed by atoms with Gasteiger partial charge in [0.2, 0.25) is 10.0 Å². The molecule has 2 aromatic carbocycles. The predicted octanol–water partition coefficient (Wildman–Crippen LogP) is 4.00. The van der Waals surface area contributed by atoms with E-state index in [4.69, 9.17) is 0 Å². The van der Waals surface area contributed by atoms with Crippen LogP contribution in [-0.2, 0) is 10.0 Å². The molecule has 1 N–H and O–H groups in total. The monoisotopic (exact) mass is 460 g/mol. The van der Waals surface area contributed by atoms with Gasteiger partial charge in [-0.05, 0) is 38.1 Å². The van der Waals surface area contributed by atoms with E-state index in [0.29, 0.717) is 16.4 Å². The lowest BCUT2D eigenvalue weighted by Gasteiger charge is -2.20. The van der Waals surface area contributed by atoms with Gasteiger partial charge in [-0.3, -0.25) is 20.2 Å². The van der Waals surface area contributed by atoms with E-state index in [1.165, 1.54) is 59.1 Å². The minimum Gasteiger partial charge on any atom is -0.298 e. The quantitative estimate of drug-likeness (QED) is 0.420. The first-order chi connectivity index (χ1) is 14.6. The zero-order valence-electron chi connectivity index (χ0n) is 17.0. The van der Waals surface area contributed by atoms with Crippen LogP contribution in [0.15, 0.2) is 58.8 Å². The molecule has 1 amide bonds. The first kappa shape index (κ1) is 22.5. The number of carbonyl (C=O) groups excluding carboxylic acids is 1. The van der Waals surface area contributed by atoms with Gasteiger partial charge >= 0.3 is 0 Å². The number of rotatable bonds is 7. The van der Waals surface area contributed by atoms with E-state index in [-0.39, 0.29) is 22.2 Å². The number of hydrogen-bond donors (Lipinski definition) is 1. The number of hydrogen-bond acceptors (Lipinski definition) is 7. The van der Waals surface area contributed by atoms with Gasteiger partial charge < -0.3 is 0 Å². The van der Waals surface area contributed by atoms with E-state index in [2.05, 4.69) is 10.3 Å². The maximum atomic E-state index is 12.5. The Hall–Kier alpha value is -3.15. The van der Waals surface area contributed by atoms with Crippen molar-refractivity contribution in [2.75, 3.05) is 12.4 Å². The molecule has 0 saturated heterocycles. The Morgan fingerprint density at radius 3 is 2.48 bits per heavy atom. The highest BCUT2D eigenvalue weighted by Crippen LogP contribution is 2.28. The molecule has 0 bridgehead atoms. The normalized spacial score (nSPS) is 11.6. The van der Waals surface area contributed by atoms with Crippen molar-refractivity contribution in [2.24, 2.45) is 0 Å². The second-order valence-electron chi connectivity index (χ2n) is 6.94. The summed E-state index contributed by atoms with van der Waals surface area (Å²) in [4.78, 5) is 27.4. The number of thiazole rings is 1. The number of benzene rings is 2. The van der Waals surface area contributed by atoms with E-state index in [1.807, 2.05) is 0 Å². The average Bonchev–Trinajstić information content (AvgIpc) is 3.21. The van der Waals surface area contributed by atoms with E-state index in [9.17, 15) is 23.3 Å². The summed E-state index contributed by atoms with van der Waals surface area (Å²) in [6, 6.07) is 11.5. The summed E-state index contributed by atoms with van der Waals surface area (Å²) in [5.41, 5.74) is 1.30. The number of non-ortho nitro benzene ring substituents is 1. The number of nitro groups is 1. The number of anilines is 1. The molecule has 0 spiro atoms. The number of amides is 1. The van der Waals surface area contributed by atoms with E-state index in [1.54, 1.807) is 31.4 Å². The predicted molar refractivity (Wildman–Crippen MR) is 119 cm³/mol. The summed E-state index contributed by atoms with van der Waals surface area (Å²) in [5.74, 6) is -0.443. The second-order valence-corrected chi connectivity index (χ2v) is 9.79. The lowest BCUT2D eigenvalue weighted by molar-refractivity contribution is -0.384. The third-order valence-electron chi connectivity index (χ3n) is 4.60. The number of carbonyl (C=O) groups is 1. The number of nitro benzene ring substituents is 1. The fourth-order valence-electron chi connectivity index (χ4n) is 2.63. The summed E-state index contributed by atoms with van der Waals surface area (Å²) >= 11 is 1.18. The molecule has 11 heteroatoms. The van der Waals surface area contributed by atoms with Crippen LogP contribution in [0.3, 0.4) is 0 Å². The van der Waals surface area contributed by atoms with E-state index < -0.39 is 20.9 Å². The van der Waals surface area contributed by atoms with E-state index in [0.717, 1.165) is 0 Å². The smallest absolute Gasteiger partial charge is 0.270 e. The summed E-state index contributed by atoms with van der Waals surface area (Å²) in [6.07, 6.45) is 0. The van der Waals surface area contributed by atoms with Crippen LogP contribution in [0.25, 0.3) is 11.3 Å². The lowest BCUT2D eigenvalue weighted by Crippen LogP contribution is -2.33. The Balaban J connectivity index is 1.74. The molecule has 0 saturated carbocycles. The highest BCUT2D eigenvalue weighted by atomic mass is 32.2. The minimum absolute atomic E-state index is 0.0470. The minimum atomic E-state index is -3.63. The number of aromatic nitrogens is 1. The molecule has 0 aliphatic rings. The van der Waals surface area contributed by atoms with Crippen LogP contribution in [-0.4, -0.2) is 41.6 Å². The van der Waals surface area contributed by atoms with E-state index >= 15 is 0 Å². The molecule has 0 atom stereocenters. The van der Waals surface area contributed by atoms with Crippen molar-refractivity contribution in [3.05, 3.63) is 69.6 Å². The van der Waals surface area contributed by atoms with Crippen LogP contribution in [0, 0.1) is 10.1 Å². The molecule has 1 heterocycles. The maximum absolute atomic E-state index is 12.5. The SMILES string of the molecule is CC(C)N(C)S(=O)(=O)c1ccc(C(=O)Nc2nc(-c3cccc([N+](=O)[O-])c3)cs2)cc1. The fourth-order valence-corrected chi connectivity index (χ4v) is 4.72.